The number of aliphatic hydroxyl groups excluding tert-OH is 2. The molecule has 2 bridgehead atoms. The van der Waals surface area contributed by atoms with Crippen LogP contribution in [0.2, 0.25) is 0 Å². The van der Waals surface area contributed by atoms with Crippen molar-refractivity contribution in [2.75, 3.05) is 14.1 Å². The van der Waals surface area contributed by atoms with Crippen LogP contribution in [-0.2, 0) is 4.74 Å². The number of hydrogen-bond donors (Lipinski definition) is 2. The summed E-state index contributed by atoms with van der Waals surface area (Å²) in [6, 6.07) is 8.34. The lowest BCUT2D eigenvalue weighted by Gasteiger charge is -2.60. The minimum atomic E-state index is -1.64. The molecule has 1 saturated heterocycles. The first kappa shape index (κ1) is 23.0. The van der Waals surface area contributed by atoms with E-state index in [1.807, 2.05) is 37.5 Å². The van der Waals surface area contributed by atoms with E-state index >= 15 is 4.39 Å². The van der Waals surface area contributed by atoms with E-state index in [9.17, 15) is 10.2 Å². The summed E-state index contributed by atoms with van der Waals surface area (Å²) in [6.45, 7) is 2.30. The van der Waals surface area contributed by atoms with Crippen molar-refractivity contribution in [3.63, 3.8) is 0 Å². The van der Waals surface area contributed by atoms with Crippen molar-refractivity contribution in [2.24, 2.45) is 11.3 Å². The first-order valence-electron chi connectivity index (χ1n) is 13.3. The lowest BCUT2D eigenvalue weighted by Crippen LogP contribution is -2.68. The predicted molar refractivity (Wildman–Crippen MR) is 137 cm³/mol. The number of aliphatic hydroxyl groups is 2. The Hall–Kier alpha value is -2.12. The molecule has 2 saturated carbocycles. The van der Waals surface area contributed by atoms with Crippen LogP contribution >= 0.6 is 0 Å². The second-order valence-corrected chi connectivity index (χ2v) is 12.4. The molecule has 190 valence electrons. The molecule has 2 aliphatic heterocycles. The fraction of sp³-hybridized carbons (Fsp3) is 0.567. The number of nitrogens with zero attached hydrogens (tertiary/aromatic N) is 2. The molecule has 3 fully saturated rings. The van der Waals surface area contributed by atoms with E-state index in [0.29, 0.717) is 37.7 Å². The number of fused-ring (bicyclic) bond motifs is 2. The summed E-state index contributed by atoms with van der Waals surface area (Å²) in [5.74, 6) is 0.0160. The third-order valence-electron chi connectivity index (χ3n) is 10.6. The monoisotopic (exact) mass is 490 g/mol. The summed E-state index contributed by atoms with van der Waals surface area (Å²) in [7, 11) is 3.84. The topological polar surface area (TPSA) is 65.8 Å². The quantitative estimate of drug-likeness (QED) is 0.610. The Morgan fingerprint density at radius 2 is 1.92 bits per heavy atom. The molecule has 2 N–H and O–H groups in total. The van der Waals surface area contributed by atoms with Crippen molar-refractivity contribution in [1.29, 1.82) is 0 Å². The second-order valence-electron chi connectivity index (χ2n) is 12.4. The molecule has 3 heterocycles. The molecule has 36 heavy (non-hydrogen) atoms. The largest absolute Gasteiger partial charge is 0.388 e. The third-order valence-corrected chi connectivity index (χ3v) is 10.6. The van der Waals surface area contributed by atoms with E-state index in [4.69, 9.17) is 4.74 Å². The summed E-state index contributed by atoms with van der Waals surface area (Å²) >= 11 is 0. The maximum Gasteiger partial charge on any atom is 0.158 e. The fourth-order valence-electron chi connectivity index (χ4n) is 8.68. The van der Waals surface area contributed by atoms with Gasteiger partial charge in [0, 0.05) is 29.7 Å². The molecule has 5 aliphatic rings. The molecule has 3 aliphatic carbocycles. The van der Waals surface area contributed by atoms with Crippen LogP contribution in [0.1, 0.15) is 51.0 Å². The summed E-state index contributed by atoms with van der Waals surface area (Å²) in [5.41, 5.74) is -0.422. The van der Waals surface area contributed by atoms with Crippen LogP contribution in [0.25, 0.3) is 16.3 Å². The number of rotatable bonds is 2. The zero-order valence-electron chi connectivity index (χ0n) is 21.2. The van der Waals surface area contributed by atoms with Gasteiger partial charge in [-0.25, -0.2) is 4.39 Å². The van der Waals surface area contributed by atoms with Gasteiger partial charge in [0.25, 0.3) is 0 Å². The van der Waals surface area contributed by atoms with E-state index in [-0.39, 0.29) is 17.4 Å². The van der Waals surface area contributed by atoms with Crippen molar-refractivity contribution in [3.8, 4) is 0 Å². The minimum absolute atomic E-state index is 0.0160. The Balaban J connectivity index is 1.30. The lowest BCUT2D eigenvalue weighted by molar-refractivity contribution is -0.239. The normalized spacial score (nSPS) is 45.2. The van der Waals surface area contributed by atoms with Crippen molar-refractivity contribution >= 4 is 16.3 Å². The summed E-state index contributed by atoms with van der Waals surface area (Å²) in [5, 5.41) is 24.2. The zero-order chi connectivity index (χ0) is 25.1. The number of allylic oxidation sites excluding steroid dienone is 2. The van der Waals surface area contributed by atoms with Gasteiger partial charge in [0.1, 0.15) is 11.7 Å². The maximum absolute atomic E-state index is 17.1. The van der Waals surface area contributed by atoms with Crippen LogP contribution in [-0.4, -0.2) is 69.3 Å². The highest BCUT2D eigenvalue weighted by molar-refractivity contribution is 5.87. The van der Waals surface area contributed by atoms with Crippen LogP contribution in [0.4, 0.5) is 4.39 Å². The van der Waals surface area contributed by atoms with Gasteiger partial charge in [-0.3, -0.25) is 4.98 Å². The first-order chi connectivity index (χ1) is 17.1. The van der Waals surface area contributed by atoms with E-state index in [0.717, 1.165) is 11.8 Å². The smallest absolute Gasteiger partial charge is 0.158 e. The predicted octanol–water partition coefficient (Wildman–Crippen LogP) is 4.43. The van der Waals surface area contributed by atoms with Gasteiger partial charge in [0.2, 0.25) is 0 Å². The number of halogens is 1. The zero-order valence-corrected chi connectivity index (χ0v) is 21.2. The molecule has 2 aromatic rings. The minimum Gasteiger partial charge on any atom is -0.388 e. The van der Waals surface area contributed by atoms with Crippen LogP contribution in [0.15, 0.2) is 54.4 Å². The lowest BCUT2D eigenvalue weighted by atomic mass is 9.53. The van der Waals surface area contributed by atoms with Crippen LogP contribution in [0.5, 0.6) is 0 Å². The van der Waals surface area contributed by atoms with Gasteiger partial charge >= 0.3 is 0 Å². The van der Waals surface area contributed by atoms with Crippen LogP contribution in [0, 0.1) is 11.3 Å². The molecular formula is C30H35FN2O3. The first-order valence-corrected chi connectivity index (χ1v) is 13.3. The van der Waals surface area contributed by atoms with E-state index in [1.54, 1.807) is 6.08 Å². The van der Waals surface area contributed by atoms with Crippen molar-refractivity contribution in [2.45, 2.75) is 80.6 Å². The number of aromatic nitrogens is 1. The highest BCUT2D eigenvalue weighted by atomic mass is 19.1. The Morgan fingerprint density at radius 3 is 2.72 bits per heavy atom. The standard InChI is InChI=1S/C30H35FN2O3/c1-27-9-11-29(31)15-22-25(34)26(35)23(33(2)3)16-28(22)10-12-30(29,36-28)24(27)7-6-21(27)19-5-4-18-8-13-32-17-20(18)14-19/h4-6,8,13-15,17,23-26,34-35H,7,9-12,16H2,1-3H3. The second kappa shape index (κ2) is 7.25. The Morgan fingerprint density at radius 1 is 1.08 bits per heavy atom. The molecule has 8 unspecified atom stereocenters. The Bertz CT molecular complexity index is 1320. The molecule has 0 radical (unpaired) electrons. The van der Waals surface area contributed by atoms with Gasteiger partial charge in [0.15, 0.2) is 5.67 Å². The number of alkyl halides is 1. The molecule has 7 rings (SSSR count). The molecule has 0 amide bonds. The molecule has 5 nitrogen and oxygen atoms in total. The molecule has 1 aromatic heterocycles. The average Bonchev–Trinajstić information content (AvgIpc) is 3.39. The van der Waals surface area contributed by atoms with Crippen molar-refractivity contribution in [1.82, 2.24) is 9.88 Å². The van der Waals surface area contributed by atoms with Gasteiger partial charge in [0.05, 0.1) is 11.7 Å². The number of hydrogen-bond acceptors (Lipinski definition) is 5. The Kier molecular flexibility index (Phi) is 4.64. The van der Waals surface area contributed by atoms with Gasteiger partial charge in [-0.05, 0) is 98.3 Å². The summed E-state index contributed by atoms with van der Waals surface area (Å²) < 4.78 is 24.2. The Labute approximate surface area is 211 Å². The number of ether oxygens (including phenoxy) is 1. The molecular weight excluding hydrogens is 455 g/mol. The van der Waals surface area contributed by atoms with E-state index in [1.165, 1.54) is 16.5 Å². The van der Waals surface area contributed by atoms with Crippen LogP contribution in [0.3, 0.4) is 0 Å². The molecule has 8 atom stereocenters. The SMILES string of the molecule is CN(C)C1CC23CCC4(O2)C2CC=C(c5ccc6ccncc6c5)C2(C)CCC4(F)C=C3C(O)C1O. The maximum atomic E-state index is 17.1. The van der Waals surface area contributed by atoms with Gasteiger partial charge in [-0.15, -0.1) is 0 Å². The molecule has 6 heteroatoms. The fourth-order valence-corrected chi connectivity index (χ4v) is 8.68. The number of pyridine rings is 1. The van der Waals surface area contributed by atoms with Gasteiger partial charge in [-0.1, -0.05) is 25.1 Å². The average molecular weight is 491 g/mol. The number of likely N-dealkylation sites (N-methyl/N-ethyl adjacent to an activating group) is 1. The van der Waals surface area contributed by atoms with Crippen molar-refractivity contribution < 1.29 is 19.3 Å². The molecule has 2 spiro atoms. The van der Waals surface area contributed by atoms with Crippen LogP contribution < -0.4 is 0 Å². The highest BCUT2D eigenvalue weighted by Gasteiger charge is 2.74. The highest BCUT2D eigenvalue weighted by Crippen LogP contribution is 2.71. The van der Waals surface area contributed by atoms with E-state index in [2.05, 4.69) is 36.2 Å². The van der Waals surface area contributed by atoms with Gasteiger partial charge in [-0.2, -0.15) is 0 Å². The summed E-state index contributed by atoms with van der Waals surface area (Å²) in [4.78, 5) is 6.26. The number of benzene rings is 1. The van der Waals surface area contributed by atoms with Gasteiger partial charge < -0.3 is 19.8 Å². The van der Waals surface area contributed by atoms with E-state index < -0.39 is 29.1 Å². The molecule has 1 aromatic carbocycles. The third kappa shape index (κ3) is 2.71. The summed E-state index contributed by atoms with van der Waals surface area (Å²) in [6.07, 6.45) is 9.42. The van der Waals surface area contributed by atoms with Crippen molar-refractivity contribution in [3.05, 3.63) is 59.9 Å².